The van der Waals surface area contributed by atoms with Crippen molar-refractivity contribution in [1.82, 2.24) is 32.7 Å². The molecule has 0 aromatic carbocycles. The van der Waals surface area contributed by atoms with Crippen LogP contribution in [0, 0.1) is 0 Å². The lowest BCUT2D eigenvalue weighted by atomic mass is 11.2. The molecule has 7 heteroatoms. The summed E-state index contributed by atoms with van der Waals surface area (Å²) in [5.41, 5.74) is 12.3. The number of hydrogen-bond donors (Lipinski definition) is 6. The first kappa shape index (κ1) is 8.72. The van der Waals surface area contributed by atoms with Gasteiger partial charge in [-0.05, 0) is 0 Å². The van der Waals surface area contributed by atoms with Gasteiger partial charge in [-0.3, -0.25) is 5.84 Å². The molecule has 0 aliphatic rings. The average Bonchev–Trinajstić information content (AvgIpc) is 1.80. The van der Waals surface area contributed by atoms with Gasteiger partial charge in [-0.1, -0.05) is 0 Å². The summed E-state index contributed by atoms with van der Waals surface area (Å²) < 4.78 is 0. The predicted octanol–water partition coefficient (Wildman–Crippen LogP) is -3.06. The van der Waals surface area contributed by atoms with E-state index < -0.39 is 0 Å². The highest BCUT2D eigenvalue weighted by Gasteiger charge is 1.80. The summed E-state index contributed by atoms with van der Waals surface area (Å²) in [4.78, 5) is 0. The monoisotopic (exact) mass is 135 g/mol. The Hall–Kier alpha value is -0.280. The van der Waals surface area contributed by atoms with Crippen LogP contribution < -0.4 is 33.5 Å². The number of nitrogens with zero attached hydrogens (tertiary/aromatic N) is 1. The van der Waals surface area contributed by atoms with Crippen LogP contribution in [0.25, 0.3) is 0 Å². The van der Waals surface area contributed by atoms with Crippen LogP contribution in [-0.4, -0.2) is 19.1 Å². The van der Waals surface area contributed by atoms with Crippen LogP contribution in [0.15, 0.2) is 0 Å². The summed E-state index contributed by atoms with van der Waals surface area (Å²) in [6.45, 7) is 0. The first-order valence-electron chi connectivity index (χ1n) is 2.41. The van der Waals surface area contributed by atoms with E-state index in [0.29, 0.717) is 0 Å². The minimum absolute atomic E-state index is 1.71. The molecular formula is C2H13N7. The Morgan fingerprint density at radius 1 is 1.11 bits per heavy atom. The van der Waals surface area contributed by atoms with E-state index >= 15 is 0 Å². The number of hydrogen-bond acceptors (Lipinski definition) is 7. The van der Waals surface area contributed by atoms with E-state index in [-0.39, 0.29) is 0 Å². The summed E-state index contributed by atoms with van der Waals surface area (Å²) >= 11 is 0. The molecule has 0 fully saturated rings. The van der Waals surface area contributed by atoms with Crippen LogP contribution in [0.2, 0.25) is 0 Å². The number of rotatable bonds is 5. The third kappa shape index (κ3) is 7.72. The van der Waals surface area contributed by atoms with Gasteiger partial charge in [0, 0.05) is 14.1 Å². The van der Waals surface area contributed by atoms with Crippen LogP contribution >= 0.6 is 0 Å². The van der Waals surface area contributed by atoms with Crippen molar-refractivity contribution >= 4 is 0 Å². The Morgan fingerprint density at radius 2 is 1.78 bits per heavy atom. The van der Waals surface area contributed by atoms with Crippen molar-refractivity contribution in [1.29, 1.82) is 0 Å². The van der Waals surface area contributed by atoms with Gasteiger partial charge in [0.2, 0.25) is 0 Å². The SMILES string of the molecule is CN(C)NNNNNN. The molecule has 0 heterocycles. The van der Waals surface area contributed by atoms with E-state index in [1.807, 2.05) is 14.1 Å². The van der Waals surface area contributed by atoms with Gasteiger partial charge in [0.15, 0.2) is 0 Å². The maximum atomic E-state index is 4.84. The van der Waals surface area contributed by atoms with E-state index in [4.69, 9.17) is 5.84 Å². The molecule has 0 aliphatic carbocycles. The molecule has 0 bridgehead atoms. The molecule has 0 saturated carbocycles. The summed E-state index contributed by atoms with van der Waals surface area (Å²) in [6, 6.07) is 0. The van der Waals surface area contributed by atoms with Crippen LogP contribution in [0.5, 0.6) is 0 Å². The fraction of sp³-hybridized carbons (Fsp3) is 1.00. The molecule has 0 saturated heterocycles. The Morgan fingerprint density at radius 3 is 2.22 bits per heavy atom. The molecular weight excluding hydrogens is 122 g/mol. The van der Waals surface area contributed by atoms with Gasteiger partial charge in [0.25, 0.3) is 0 Å². The lowest BCUT2D eigenvalue weighted by molar-refractivity contribution is 0.185. The molecule has 7 N–H and O–H groups in total. The molecule has 0 radical (unpaired) electrons. The number of nitrogens with one attached hydrogen (secondary N) is 5. The molecule has 0 aromatic heterocycles. The van der Waals surface area contributed by atoms with Crippen molar-refractivity contribution in [3.8, 4) is 0 Å². The molecule has 9 heavy (non-hydrogen) atoms. The first-order chi connectivity index (χ1) is 4.27. The third-order valence-electron chi connectivity index (χ3n) is 0.477. The Labute approximate surface area is 53.8 Å². The van der Waals surface area contributed by atoms with Crippen LogP contribution in [0.3, 0.4) is 0 Å². The van der Waals surface area contributed by atoms with Crippen molar-refractivity contribution in [3.63, 3.8) is 0 Å². The normalized spacial score (nSPS) is 10.7. The highest BCUT2D eigenvalue weighted by molar-refractivity contribution is 4.16. The molecule has 0 spiro atoms. The molecule has 0 aromatic rings. The first-order valence-corrected chi connectivity index (χ1v) is 2.41. The zero-order valence-corrected chi connectivity index (χ0v) is 5.52. The molecule has 7 nitrogen and oxygen atoms in total. The van der Waals surface area contributed by atoms with Crippen molar-refractivity contribution in [2.24, 2.45) is 5.84 Å². The van der Waals surface area contributed by atoms with Gasteiger partial charge < -0.3 is 0 Å². The van der Waals surface area contributed by atoms with Crippen molar-refractivity contribution < 1.29 is 0 Å². The van der Waals surface area contributed by atoms with Crippen LogP contribution in [0.4, 0.5) is 0 Å². The van der Waals surface area contributed by atoms with Gasteiger partial charge in [0.1, 0.15) is 0 Å². The highest BCUT2D eigenvalue weighted by Crippen LogP contribution is 1.50. The summed E-state index contributed by atoms with van der Waals surface area (Å²) in [5, 5.41) is 1.71. The third-order valence-corrected chi connectivity index (χ3v) is 0.477. The lowest BCUT2D eigenvalue weighted by Gasteiger charge is -2.13. The van der Waals surface area contributed by atoms with Gasteiger partial charge >= 0.3 is 0 Å². The minimum Gasteiger partial charge on any atom is -0.257 e. The zero-order chi connectivity index (χ0) is 7.11. The average molecular weight is 135 g/mol. The Bertz CT molecular complexity index is 52.9. The smallest absolute Gasteiger partial charge is 0.00267 e. The van der Waals surface area contributed by atoms with Gasteiger partial charge in [-0.15, -0.1) is 0 Å². The number of hydrazine groups is 6. The van der Waals surface area contributed by atoms with Gasteiger partial charge in [-0.25, -0.2) is 5.01 Å². The lowest BCUT2D eigenvalue weighted by Crippen LogP contribution is -2.59. The fourth-order valence-corrected chi connectivity index (χ4v) is 0.207. The second-order valence-corrected chi connectivity index (χ2v) is 1.53. The topological polar surface area (TPSA) is 89.4 Å². The van der Waals surface area contributed by atoms with Crippen LogP contribution in [0.1, 0.15) is 0 Å². The molecule has 0 atom stereocenters. The van der Waals surface area contributed by atoms with Crippen LogP contribution in [-0.2, 0) is 0 Å². The molecule has 0 unspecified atom stereocenters. The zero-order valence-electron chi connectivity index (χ0n) is 5.52. The molecule has 0 rings (SSSR count). The highest BCUT2D eigenvalue weighted by atomic mass is 15.9. The van der Waals surface area contributed by atoms with E-state index in [9.17, 15) is 0 Å². The quantitative estimate of drug-likeness (QED) is 0.135. The van der Waals surface area contributed by atoms with Crippen molar-refractivity contribution in [3.05, 3.63) is 0 Å². The summed E-state index contributed by atoms with van der Waals surface area (Å²) in [5.74, 6) is 4.84. The summed E-state index contributed by atoms with van der Waals surface area (Å²) in [7, 11) is 3.68. The molecule has 0 amide bonds. The van der Waals surface area contributed by atoms with Crippen molar-refractivity contribution in [2.45, 2.75) is 0 Å². The van der Waals surface area contributed by atoms with Crippen molar-refractivity contribution in [2.75, 3.05) is 14.1 Å². The fourth-order valence-electron chi connectivity index (χ4n) is 0.207. The maximum absolute atomic E-state index is 4.84. The van der Waals surface area contributed by atoms with E-state index in [2.05, 4.69) is 27.7 Å². The summed E-state index contributed by atoms with van der Waals surface area (Å²) in [6.07, 6.45) is 0. The molecule has 0 aliphatic heterocycles. The van der Waals surface area contributed by atoms with E-state index in [0.717, 1.165) is 0 Å². The van der Waals surface area contributed by atoms with Gasteiger partial charge in [0.05, 0.1) is 0 Å². The second-order valence-electron chi connectivity index (χ2n) is 1.53. The molecule has 56 valence electrons. The predicted molar refractivity (Wildman–Crippen MR) is 33.6 cm³/mol. The maximum Gasteiger partial charge on any atom is 0.00267 e. The van der Waals surface area contributed by atoms with E-state index in [1.165, 1.54) is 0 Å². The standard InChI is InChI=1S/C2H13N7/c1-9(2)8-7-6-5-4-3/h4-8H,3H2,1-2H3. The largest absolute Gasteiger partial charge is 0.257 e. The Balaban J connectivity index is 2.75. The number of nitrogens with two attached hydrogens (primary N) is 1. The minimum atomic E-state index is 1.71. The van der Waals surface area contributed by atoms with Gasteiger partial charge in [-0.2, -0.15) is 27.7 Å². The van der Waals surface area contributed by atoms with E-state index in [1.54, 1.807) is 5.01 Å². The second kappa shape index (κ2) is 5.85. The Kier molecular flexibility index (Phi) is 5.67.